The highest BCUT2D eigenvalue weighted by Gasteiger charge is 2.35. The first-order valence-electron chi connectivity index (χ1n) is 6.31. The van der Waals surface area contributed by atoms with Gasteiger partial charge >= 0.3 is 0 Å². The molecule has 0 saturated heterocycles. The molecule has 0 heteroatoms. The molecule has 86 valence electrons. The summed E-state index contributed by atoms with van der Waals surface area (Å²) in [6, 6.07) is 13.3. The lowest BCUT2D eigenvalue weighted by Crippen LogP contribution is -2.15. The maximum atomic E-state index is 2.35. The van der Waals surface area contributed by atoms with Crippen molar-refractivity contribution in [1.29, 1.82) is 0 Å². The molecular formula is C17H18. The fourth-order valence-corrected chi connectivity index (χ4v) is 3.25. The molecule has 0 N–H and O–H groups in total. The molecule has 17 heavy (non-hydrogen) atoms. The predicted octanol–water partition coefficient (Wildman–Crippen LogP) is 4.62. The van der Waals surface area contributed by atoms with Crippen LogP contribution in [0.25, 0.3) is 10.8 Å². The van der Waals surface area contributed by atoms with Gasteiger partial charge in [0.2, 0.25) is 0 Å². The maximum Gasteiger partial charge on any atom is 0.0117 e. The Bertz CT molecular complexity index is 615. The number of benzene rings is 2. The topological polar surface area (TPSA) is 0 Å². The Balaban J connectivity index is 2.40. The zero-order valence-electron chi connectivity index (χ0n) is 10.7. The Morgan fingerprint density at radius 1 is 1.06 bits per heavy atom. The van der Waals surface area contributed by atoms with E-state index in [1.165, 1.54) is 21.9 Å². The molecule has 0 nitrogen and oxygen atoms in total. The number of hydrogen-bond donors (Lipinski definition) is 0. The van der Waals surface area contributed by atoms with Gasteiger partial charge in [0.25, 0.3) is 0 Å². The normalized spacial score (nSPS) is 19.8. The first-order valence-corrected chi connectivity index (χ1v) is 6.31. The third-order valence-corrected chi connectivity index (χ3v) is 4.17. The van der Waals surface area contributed by atoms with E-state index in [0.717, 1.165) is 6.42 Å². The molecule has 0 fully saturated rings. The third kappa shape index (κ3) is 1.37. The minimum absolute atomic E-state index is 0.185. The summed E-state index contributed by atoms with van der Waals surface area (Å²) in [6.07, 6.45) is 3.40. The molecule has 0 heterocycles. The number of allylic oxidation sites excluding steroid dienone is 2. The average Bonchev–Trinajstić information content (AvgIpc) is 2.61. The molecule has 0 unspecified atom stereocenters. The Morgan fingerprint density at radius 3 is 2.59 bits per heavy atom. The van der Waals surface area contributed by atoms with Crippen LogP contribution in [0.5, 0.6) is 0 Å². The van der Waals surface area contributed by atoms with Gasteiger partial charge in [-0.1, -0.05) is 61.9 Å². The molecular weight excluding hydrogens is 204 g/mol. The summed E-state index contributed by atoms with van der Waals surface area (Å²) in [6.45, 7) is 6.85. The molecule has 1 aliphatic rings. The summed E-state index contributed by atoms with van der Waals surface area (Å²) >= 11 is 0. The summed E-state index contributed by atoms with van der Waals surface area (Å²) in [5, 5.41) is 2.78. The van der Waals surface area contributed by atoms with Crippen molar-refractivity contribution in [2.24, 2.45) is 0 Å². The van der Waals surface area contributed by atoms with E-state index >= 15 is 0 Å². The largest absolute Gasteiger partial charge is 0.0872 e. The van der Waals surface area contributed by atoms with E-state index in [-0.39, 0.29) is 5.41 Å². The van der Waals surface area contributed by atoms with Gasteiger partial charge in [0.1, 0.15) is 0 Å². The van der Waals surface area contributed by atoms with Gasteiger partial charge in [-0.2, -0.15) is 0 Å². The van der Waals surface area contributed by atoms with Crippen molar-refractivity contribution in [3.63, 3.8) is 0 Å². The molecule has 0 amide bonds. The lowest BCUT2D eigenvalue weighted by atomic mass is 9.80. The van der Waals surface area contributed by atoms with Gasteiger partial charge in [0, 0.05) is 5.41 Å². The summed E-state index contributed by atoms with van der Waals surface area (Å²) in [5.41, 5.74) is 4.76. The molecule has 2 aromatic rings. The van der Waals surface area contributed by atoms with Gasteiger partial charge in [-0.3, -0.25) is 0 Å². The molecule has 1 aliphatic carbocycles. The lowest BCUT2D eigenvalue weighted by Gasteiger charge is -2.23. The van der Waals surface area contributed by atoms with E-state index in [9.17, 15) is 0 Å². The van der Waals surface area contributed by atoms with Crippen LogP contribution in [0.3, 0.4) is 0 Å². The van der Waals surface area contributed by atoms with Crippen molar-refractivity contribution in [3.05, 3.63) is 59.2 Å². The van der Waals surface area contributed by atoms with Crippen LogP contribution in [0.15, 0.2) is 48.0 Å². The molecule has 2 aromatic carbocycles. The van der Waals surface area contributed by atoms with E-state index < -0.39 is 0 Å². The summed E-state index contributed by atoms with van der Waals surface area (Å²) < 4.78 is 0. The van der Waals surface area contributed by atoms with Crippen molar-refractivity contribution in [3.8, 4) is 0 Å². The predicted molar refractivity (Wildman–Crippen MR) is 74.4 cm³/mol. The Morgan fingerprint density at radius 2 is 1.82 bits per heavy atom. The van der Waals surface area contributed by atoms with Crippen molar-refractivity contribution >= 4 is 10.8 Å². The molecule has 0 radical (unpaired) electrons. The van der Waals surface area contributed by atoms with Crippen LogP contribution >= 0.6 is 0 Å². The van der Waals surface area contributed by atoms with Crippen molar-refractivity contribution < 1.29 is 0 Å². The number of hydrogen-bond acceptors (Lipinski definition) is 0. The minimum atomic E-state index is 0.185. The quantitative estimate of drug-likeness (QED) is 0.570. The lowest BCUT2D eigenvalue weighted by molar-refractivity contribution is 0.648. The van der Waals surface area contributed by atoms with Crippen LogP contribution < -0.4 is 0 Å². The van der Waals surface area contributed by atoms with Gasteiger partial charge in [-0.15, -0.1) is 0 Å². The second-order valence-corrected chi connectivity index (χ2v) is 5.44. The van der Waals surface area contributed by atoms with Crippen LogP contribution in [-0.4, -0.2) is 0 Å². The first-order chi connectivity index (χ1) is 8.14. The van der Waals surface area contributed by atoms with Crippen LogP contribution in [-0.2, 0) is 11.8 Å². The standard InChI is InChI=1S/C17H18/c1-4-14-11-13-10-9-12-7-5-6-8-15(12)16(13)17(14,2)3/h4-10H,11H2,1-3H3. The number of fused-ring (bicyclic) bond motifs is 3. The summed E-state index contributed by atoms with van der Waals surface area (Å²) in [7, 11) is 0. The molecule has 0 bridgehead atoms. The van der Waals surface area contributed by atoms with Crippen LogP contribution in [0.1, 0.15) is 31.9 Å². The monoisotopic (exact) mass is 222 g/mol. The van der Waals surface area contributed by atoms with Crippen molar-refractivity contribution in [1.82, 2.24) is 0 Å². The summed E-state index contributed by atoms with van der Waals surface area (Å²) in [5.74, 6) is 0. The highest BCUT2D eigenvalue weighted by molar-refractivity contribution is 5.89. The van der Waals surface area contributed by atoms with E-state index in [0.29, 0.717) is 0 Å². The highest BCUT2D eigenvalue weighted by Crippen LogP contribution is 2.45. The zero-order chi connectivity index (χ0) is 12.0. The van der Waals surface area contributed by atoms with Gasteiger partial charge in [0.05, 0.1) is 0 Å². The fraction of sp³-hybridized carbons (Fsp3) is 0.294. The van der Waals surface area contributed by atoms with Crippen LogP contribution in [0.2, 0.25) is 0 Å². The highest BCUT2D eigenvalue weighted by atomic mass is 14.4. The minimum Gasteiger partial charge on any atom is -0.0872 e. The number of rotatable bonds is 0. The van der Waals surface area contributed by atoms with E-state index in [1.54, 1.807) is 5.57 Å². The molecule has 0 aromatic heterocycles. The molecule has 0 spiro atoms. The van der Waals surface area contributed by atoms with E-state index in [4.69, 9.17) is 0 Å². The maximum absolute atomic E-state index is 2.35. The smallest absolute Gasteiger partial charge is 0.0117 e. The molecule has 0 aliphatic heterocycles. The van der Waals surface area contributed by atoms with E-state index in [1.807, 2.05) is 0 Å². The molecule has 3 rings (SSSR count). The Hall–Kier alpha value is -1.56. The zero-order valence-corrected chi connectivity index (χ0v) is 10.7. The molecule has 0 saturated carbocycles. The summed E-state index contributed by atoms with van der Waals surface area (Å²) in [4.78, 5) is 0. The van der Waals surface area contributed by atoms with Gasteiger partial charge < -0.3 is 0 Å². The van der Waals surface area contributed by atoms with Crippen molar-refractivity contribution in [2.75, 3.05) is 0 Å². The Labute approximate surface area is 103 Å². The van der Waals surface area contributed by atoms with E-state index in [2.05, 4.69) is 63.2 Å². The third-order valence-electron chi connectivity index (χ3n) is 4.17. The first kappa shape index (κ1) is 10.6. The second kappa shape index (κ2) is 3.46. The van der Waals surface area contributed by atoms with Crippen molar-refractivity contribution in [2.45, 2.75) is 32.6 Å². The fourth-order valence-electron chi connectivity index (χ4n) is 3.25. The van der Waals surface area contributed by atoms with Gasteiger partial charge in [-0.05, 0) is 35.2 Å². The average molecular weight is 222 g/mol. The van der Waals surface area contributed by atoms with Gasteiger partial charge in [0.15, 0.2) is 0 Å². The Kier molecular flexibility index (Phi) is 2.16. The SMILES string of the molecule is CC=C1Cc2ccc3ccccc3c2C1(C)C. The molecule has 0 atom stereocenters. The second-order valence-electron chi connectivity index (χ2n) is 5.44. The van der Waals surface area contributed by atoms with Crippen LogP contribution in [0.4, 0.5) is 0 Å². The van der Waals surface area contributed by atoms with Gasteiger partial charge in [-0.25, -0.2) is 0 Å². The van der Waals surface area contributed by atoms with Crippen LogP contribution in [0, 0.1) is 0 Å².